The summed E-state index contributed by atoms with van der Waals surface area (Å²) >= 11 is 0. The Balaban J connectivity index is 2.93. The first-order valence-electron chi connectivity index (χ1n) is 4.49. The number of carbonyl (C=O) groups is 1. The van der Waals surface area contributed by atoms with E-state index in [9.17, 15) is 14.4 Å². The zero-order valence-electron chi connectivity index (χ0n) is 8.33. The van der Waals surface area contributed by atoms with Gasteiger partial charge in [-0.3, -0.25) is 9.59 Å². The molecule has 0 bridgehead atoms. The van der Waals surface area contributed by atoms with Crippen LogP contribution in [0.4, 0.5) is 0 Å². The predicted octanol–water partition coefficient (Wildman–Crippen LogP) is 0.223. The van der Waals surface area contributed by atoms with Gasteiger partial charge in [-0.15, -0.1) is 0 Å². The number of hydrogen-bond acceptors (Lipinski definition) is 3. The van der Waals surface area contributed by atoms with E-state index < -0.39 is 17.1 Å². The lowest BCUT2D eigenvalue weighted by molar-refractivity contribution is 0.0697. The van der Waals surface area contributed by atoms with Crippen molar-refractivity contribution in [1.29, 1.82) is 0 Å². The van der Waals surface area contributed by atoms with Crippen LogP contribution in [-0.2, 0) is 0 Å². The van der Waals surface area contributed by atoms with Gasteiger partial charge in [-0.25, -0.2) is 4.79 Å². The lowest BCUT2D eigenvalue weighted by atomic mass is 10.1. The first kappa shape index (κ1) is 10.2. The first-order valence-corrected chi connectivity index (χ1v) is 4.49. The van der Waals surface area contributed by atoms with Gasteiger partial charge in [0, 0.05) is 0 Å². The highest BCUT2D eigenvalue weighted by Crippen LogP contribution is 2.14. The van der Waals surface area contributed by atoms with Crippen molar-refractivity contribution in [3.8, 4) is 0 Å². The average molecular weight is 220 g/mol. The van der Waals surface area contributed by atoms with Crippen LogP contribution in [-0.4, -0.2) is 21.0 Å². The molecule has 1 heterocycles. The van der Waals surface area contributed by atoms with Crippen LogP contribution in [0.2, 0.25) is 0 Å². The van der Waals surface area contributed by atoms with Crippen molar-refractivity contribution >= 4 is 17.0 Å². The fraction of sp³-hybridized carbons (Fsp3) is 0.100. The number of aromatic amines is 2. The summed E-state index contributed by atoms with van der Waals surface area (Å²) in [4.78, 5) is 37.7. The van der Waals surface area contributed by atoms with Crippen molar-refractivity contribution in [3.63, 3.8) is 0 Å². The smallest absolute Gasteiger partial charge is 0.335 e. The zero-order valence-corrected chi connectivity index (χ0v) is 8.33. The highest BCUT2D eigenvalue weighted by molar-refractivity contribution is 5.93. The van der Waals surface area contributed by atoms with Crippen LogP contribution in [0.5, 0.6) is 0 Å². The number of H-pyrrole nitrogens is 2. The second-order valence-electron chi connectivity index (χ2n) is 3.43. The maximum Gasteiger partial charge on any atom is 0.335 e. The van der Waals surface area contributed by atoms with Gasteiger partial charge in [-0.05, 0) is 24.6 Å². The molecule has 0 aliphatic carbocycles. The number of rotatable bonds is 1. The number of aromatic carboxylic acids is 1. The number of nitrogens with one attached hydrogen (secondary N) is 2. The normalized spacial score (nSPS) is 10.6. The lowest BCUT2D eigenvalue weighted by Gasteiger charge is -2.03. The molecule has 0 saturated heterocycles. The molecular formula is C10H8N2O4. The zero-order chi connectivity index (χ0) is 11.9. The third-order valence-corrected chi connectivity index (χ3v) is 2.28. The van der Waals surface area contributed by atoms with Crippen LogP contribution in [0.15, 0.2) is 21.7 Å². The Morgan fingerprint density at radius 1 is 1.19 bits per heavy atom. The standard InChI is InChI=1S/C10H8N2O4/c1-4-2-5(10(15)16)3-6-7(4)12-9(14)8(13)11-6/h2-3H,1H3,(H,11,13)(H,12,14)(H,15,16). The number of aromatic nitrogens is 2. The summed E-state index contributed by atoms with van der Waals surface area (Å²) in [6, 6.07) is 2.74. The van der Waals surface area contributed by atoms with Gasteiger partial charge in [-0.1, -0.05) is 0 Å². The minimum Gasteiger partial charge on any atom is -0.478 e. The number of benzene rings is 1. The molecule has 0 radical (unpaired) electrons. The maximum atomic E-state index is 11.1. The van der Waals surface area contributed by atoms with Crippen LogP contribution in [0.3, 0.4) is 0 Å². The summed E-state index contributed by atoms with van der Waals surface area (Å²) < 4.78 is 0. The molecule has 2 rings (SSSR count). The maximum absolute atomic E-state index is 11.1. The Morgan fingerprint density at radius 2 is 1.81 bits per heavy atom. The van der Waals surface area contributed by atoms with Crippen molar-refractivity contribution in [2.24, 2.45) is 0 Å². The lowest BCUT2D eigenvalue weighted by Crippen LogP contribution is -2.29. The van der Waals surface area contributed by atoms with Crippen molar-refractivity contribution in [3.05, 3.63) is 44.0 Å². The van der Waals surface area contributed by atoms with E-state index in [4.69, 9.17) is 5.11 Å². The van der Waals surface area contributed by atoms with E-state index >= 15 is 0 Å². The molecule has 0 amide bonds. The Bertz CT molecular complexity index is 696. The topological polar surface area (TPSA) is 103 Å². The number of aryl methyl sites for hydroxylation is 1. The van der Waals surface area contributed by atoms with Crippen molar-refractivity contribution in [2.45, 2.75) is 6.92 Å². The summed E-state index contributed by atoms with van der Waals surface area (Å²) in [6.07, 6.45) is 0. The van der Waals surface area contributed by atoms with Crippen molar-refractivity contribution in [2.75, 3.05) is 0 Å². The molecule has 0 aliphatic heterocycles. The van der Waals surface area contributed by atoms with Gasteiger partial charge < -0.3 is 15.1 Å². The number of fused-ring (bicyclic) bond motifs is 1. The van der Waals surface area contributed by atoms with Crippen LogP contribution in [0, 0.1) is 6.92 Å². The summed E-state index contributed by atoms with van der Waals surface area (Å²) in [6.45, 7) is 1.66. The largest absolute Gasteiger partial charge is 0.478 e. The van der Waals surface area contributed by atoms with Gasteiger partial charge in [0.15, 0.2) is 0 Å². The summed E-state index contributed by atoms with van der Waals surface area (Å²) in [5.74, 6) is -1.09. The third-order valence-electron chi connectivity index (χ3n) is 2.28. The quantitative estimate of drug-likeness (QED) is 0.598. The molecule has 6 nitrogen and oxygen atoms in total. The highest BCUT2D eigenvalue weighted by Gasteiger charge is 2.08. The summed E-state index contributed by atoms with van der Waals surface area (Å²) in [7, 11) is 0. The Labute approximate surface area is 88.6 Å². The van der Waals surface area contributed by atoms with Crippen molar-refractivity contribution < 1.29 is 9.90 Å². The molecule has 0 fully saturated rings. The van der Waals surface area contributed by atoms with Crippen molar-refractivity contribution in [1.82, 2.24) is 9.97 Å². The van der Waals surface area contributed by atoms with Gasteiger partial charge >= 0.3 is 17.1 Å². The number of carboxylic acid groups (broad SMARTS) is 1. The van der Waals surface area contributed by atoms with E-state index in [1.165, 1.54) is 12.1 Å². The molecule has 0 unspecified atom stereocenters. The molecule has 16 heavy (non-hydrogen) atoms. The van der Waals surface area contributed by atoms with Gasteiger partial charge in [0.1, 0.15) is 0 Å². The predicted molar refractivity (Wildman–Crippen MR) is 56.9 cm³/mol. The number of carboxylic acids is 1. The van der Waals surface area contributed by atoms with Gasteiger partial charge in [-0.2, -0.15) is 0 Å². The fourth-order valence-electron chi connectivity index (χ4n) is 1.52. The van der Waals surface area contributed by atoms with Gasteiger partial charge in [0.05, 0.1) is 16.6 Å². The molecule has 6 heteroatoms. The highest BCUT2D eigenvalue weighted by atomic mass is 16.4. The molecular weight excluding hydrogens is 212 g/mol. The minimum absolute atomic E-state index is 0.0627. The van der Waals surface area contributed by atoms with Crippen LogP contribution < -0.4 is 11.1 Å². The molecule has 0 saturated carbocycles. The van der Waals surface area contributed by atoms with E-state index in [0.717, 1.165) is 0 Å². The minimum atomic E-state index is -1.09. The van der Waals surface area contributed by atoms with Crippen LogP contribution in [0.1, 0.15) is 15.9 Å². The number of hydrogen-bond donors (Lipinski definition) is 3. The van der Waals surface area contributed by atoms with Gasteiger partial charge in [0.25, 0.3) is 0 Å². The van der Waals surface area contributed by atoms with E-state index in [2.05, 4.69) is 9.97 Å². The first-order chi connectivity index (χ1) is 7.49. The van der Waals surface area contributed by atoms with Crippen LogP contribution >= 0.6 is 0 Å². The molecule has 1 aromatic carbocycles. The monoisotopic (exact) mass is 220 g/mol. The van der Waals surface area contributed by atoms with Crippen LogP contribution in [0.25, 0.3) is 11.0 Å². The SMILES string of the molecule is Cc1cc(C(=O)O)cc2[nH]c(=O)c(=O)[nH]c12. The molecule has 1 aromatic heterocycles. The second-order valence-corrected chi connectivity index (χ2v) is 3.43. The third kappa shape index (κ3) is 1.50. The molecule has 3 N–H and O–H groups in total. The summed E-state index contributed by atoms with van der Waals surface area (Å²) in [5.41, 5.74) is -0.152. The Hall–Kier alpha value is -2.37. The van der Waals surface area contributed by atoms with E-state index in [1.54, 1.807) is 6.92 Å². The molecule has 82 valence electrons. The average Bonchev–Trinajstić information content (AvgIpc) is 2.20. The molecule has 0 atom stereocenters. The molecule has 0 spiro atoms. The van der Waals surface area contributed by atoms with E-state index in [0.29, 0.717) is 16.6 Å². The fourth-order valence-corrected chi connectivity index (χ4v) is 1.52. The van der Waals surface area contributed by atoms with E-state index in [1.807, 2.05) is 0 Å². The molecule has 2 aromatic rings. The Morgan fingerprint density at radius 3 is 2.44 bits per heavy atom. The second kappa shape index (κ2) is 3.34. The summed E-state index contributed by atoms with van der Waals surface area (Å²) in [5, 5.41) is 8.83. The van der Waals surface area contributed by atoms with Gasteiger partial charge in [0.2, 0.25) is 0 Å². The Kier molecular flexibility index (Phi) is 2.12. The molecule has 0 aliphatic rings. The van der Waals surface area contributed by atoms with E-state index in [-0.39, 0.29) is 5.56 Å².